The molecule has 0 aromatic rings. The normalized spacial score (nSPS) is 26.9. The number of likely N-dealkylation sites (tertiary alicyclic amines) is 1. The molecule has 16 heavy (non-hydrogen) atoms. The standard InChI is InChI=1S/C11H14N2O3/c12-7-11(4-2-5-11)10(16)13-6-1-3-8(13)9(14)15/h8H,1-6H2,(H,14,15). The van der Waals surface area contributed by atoms with Crippen molar-refractivity contribution < 1.29 is 14.7 Å². The van der Waals surface area contributed by atoms with Crippen molar-refractivity contribution in [3.8, 4) is 6.07 Å². The molecule has 0 radical (unpaired) electrons. The van der Waals surface area contributed by atoms with E-state index < -0.39 is 17.4 Å². The molecule has 1 unspecified atom stereocenters. The SMILES string of the molecule is N#CC1(C(=O)N2CCCC2C(=O)O)CCC1. The summed E-state index contributed by atoms with van der Waals surface area (Å²) < 4.78 is 0. The number of carbonyl (C=O) groups is 2. The number of carbonyl (C=O) groups excluding carboxylic acids is 1. The van der Waals surface area contributed by atoms with Crippen LogP contribution in [0, 0.1) is 16.7 Å². The number of carboxylic acid groups (broad SMARTS) is 1. The first-order chi connectivity index (χ1) is 7.60. The fourth-order valence-electron chi connectivity index (χ4n) is 2.45. The molecule has 2 fully saturated rings. The zero-order valence-electron chi connectivity index (χ0n) is 8.98. The van der Waals surface area contributed by atoms with Gasteiger partial charge in [-0.2, -0.15) is 5.26 Å². The molecule has 0 aromatic carbocycles. The van der Waals surface area contributed by atoms with Crippen LogP contribution in [0.5, 0.6) is 0 Å². The molecular weight excluding hydrogens is 208 g/mol. The molecule has 0 aromatic heterocycles. The van der Waals surface area contributed by atoms with E-state index in [1.54, 1.807) is 0 Å². The molecule has 1 aliphatic heterocycles. The van der Waals surface area contributed by atoms with Gasteiger partial charge >= 0.3 is 5.97 Å². The molecule has 0 spiro atoms. The van der Waals surface area contributed by atoms with Crippen LogP contribution >= 0.6 is 0 Å². The van der Waals surface area contributed by atoms with E-state index in [9.17, 15) is 9.59 Å². The van der Waals surface area contributed by atoms with Gasteiger partial charge in [0.15, 0.2) is 0 Å². The quantitative estimate of drug-likeness (QED) is 0.747. The van der Waals surface area contributed by atoms with E-state index >= 15 is 0 Å². The number of nitriles is 1. The minimum absolute atomic E-state index is 0.272. The van der Waals surface area contributed by atoms with Gasteiger partial charge in [-0.25, -0.2) is 4.79 Å². The summed E-state index contributed by atoms with van der Waals surface area (Å²) in [5.74, 6) is -1.23. The second-order valence-electron chi connectivity index (χ2n) is 4.54. The summed E-state index contributed by atoms with van der Waals surface area (Å²) in [6, 6.07) is 1.34. The van der Waals surface area contributed by atoms with Crippen molar-refractivity contribution in [1.82, 2.24) is 4.90 Å². The molecule has 1 aliphatic carbocycles. The summed E-state index contributed by atoms with van der Waals surface area (Å²) in [6.07, 6.45) is 3.24. The largest absolute Gasteiger partial charge is 0.480 e. The zero-order chi connectivity index (χ0) is 11.8. The second kappa shape index (κ2) is 3.78. The maximum Gasteiger partial charge on any atom is 0.326 e. The number of carboxylic acids is 1. The fourth-order valence-corrected chi connectivity index (χ4v) is 2.45. The van der Waals surface area contributed by atoms with Crippen molar-refractivity contribution in [3.63, 3.8) is 0 Å². The van der Waals surface area contributed by atoms with Crippen LogP contribution in [0.3, 0.4) is 0 Å². The third-order valence-corrected chi connectivity index (χ3v) is 3.63. The molecule has 5 nitrogen and oxygen atoms in total. The molecule has 2 rings (SSSR count). The monoisotopic (exact) mass is 222 g/mol. The van der Waals surface area contributed by atoms with Crippen LogP contribution in [0.15, 0.2) is 0 Å². The average Bonchev–Trinajstić information content (AvgIpc) is 2.64. The van der Waals surface area contributed by atoms with Crippen molar-refractivity contribution >= 4 is 11.9 Å². The van der Waals surface area contributed by atoms with Gasteiger partial charge < -0.3 is 10.0 Å². The van der Waals surface area contributed by atoms with Crippen LogP contribution in [0.1, 0.15) is 32.1 Å². The fraction of sp³-hybridized carbons (Fsp3) is 0.727. The lowest BCUT2D eigenvalue weighted by atomic mass is 9.69. The van der Waals surface area contributed by atoms with Crippen LogP contribution in [0.25, 0.3) is 0 Å². The first-order valence-corrected chi connectivity index (χ1v) is 5.56. The number of amides is 1. The lowest BCUT2D eigenvalue weighted by Crippen LogP contribution is -2.50. The van der Waals surface area contributed by atoms with Crippen molar-refractivity contribution in [2.24, 2.45) is 5.41 Å². The van der Waals surface area contributed by atoms with Gasteiger partial charge in [0.1, 0.15) is 11.5 Å². The molecule has 2 aliphatic rings. The Labute approximate surface area is 93.6 Å². The van der Waals surface area contributed by atoms with Crippen LogP contribution in [-0.2, 0) is 9.59 Å². The highest BCUT2D eigenvalue weighted by atomic mass is 16.4. The summed E-state index contributed by atoms with van der Waals surface area (Å²) in [4.78, 5) is 24.5. The Morgan fingerprint density at radius 1 is 1.38 bits per heavy atom. The average molecular weight is 222 g/mol. The van der Waals surface area contributed by atoms with E-state index in [2.05, 4.69) is 6.07 Å². The highest BCUT2D eigenvalue weighted by Crippen LogP contribution is 2.43. The highest BCUT2D eigenvalue weighted by Gasteiger charge is 2.50. The molecule has 5 heteroatoms. The third-order valence-electron chi connectivity index (χ3n) is 3.63. The van der Waals surface area contributed by atoms with Gasteiger partial charge in [0.25, 0.3) is 0 Å². The van der Waals surface area contributed by atoms with Gasteiger partial charge in [0.05, 0.1) is 6.07 Å². The predicted molar refractivity (Wildman–Crippen MR) is 54.3 cm³/mol. The summed E-state index contributed by atoms with van der Waals surface area (Å²) >= 11 is 0. The summed E-state index contributed by atoms with van der Waals surface area (Å²) in [7, 11) is 0. The smallest absolute Gasteiger partial charge is 0.326 e. The van der Waals surface area contributed by atoms with Crippen molar-refractivity contribution in [1.29, 1.82) is 5.26 Å². The lowest BCUT2D eigenvalue weighted by Gasteiger charge is -2.37. The Kier molecular flexibility index (Phi) is 2.58. The second-order valence-corrected chi connectivity index (χ2v) is 4.54. The van der Waals surface area contributed by atoms with E-state index in [1.165, 1.54) is 4.90 Å². The highest BCUT2D eigenvalue weighted by molar-refractivity contribution is 5.90. The summed E-state index contributed by atoms with van der Waals surface area (Å²) in [5.41, 5.74) is -0.919. The third kappa shape index (κ3) is 1.45. The minimum Gasteiger partial charge on any atom is -0.480 e. The Morgan fingerprint density at radius 3 is 2.50 bits per heavy atom. The van der Waals surface area contributed by atoms with Crippen LogP contribution in [-0.4, -0.2) is 34.5 Å². The topological polar surface area (TPSA) is 81.4 Å². The first-order valence-electron chi connectivity index (χ1n) is 5.56. The molecule has 1 N–H and O–H groups in total. The lowest BCUT2D eigenvalue weighted by molar-refractivity contribution is -0.153. The van der Waals surface area contributed by atoms with Crippen molar-refractivity contribution in [2.45, 2.75) is 38.1 Å². The summed E-state index contributed by atoms with van der Waals surface area (Å²) in [5, 5.41) is 18.0. The molecule has 1 saturated heterocycles. The molecule has 1 amide bonds. The molecule has 0 bridgehead atoms. The van der Waals surface area contributed by atoms with Gasteiger partial charge in [0, 0.05) is 6.54 Å². The summed E-state index contributed by atoms with van der Waals surface area (Å²) in [6.45, 7) is 0.471. The Hall–Kier alpha value is -1.57. The van der Waals surface area contributed by atoms with Crippen molar-refractivity contribution in [2.75, 3.05) is 6.54 Å². The number of nitrogens with zero attached hydrogens (tertiary/aromatic N) is 2. The van der Waals surface area contributed by atoms with Gasteiger partial charge in [-0.3, -0.25) is 4.79 Å². The minimum atomic E-state index is -0.960. The zero-order valence-corrected chi connectivity index (χ0v) is 8.98. The Balaban J connectivity index is 2.16. The van der Waals surface area contributed by atoms with Gasteiger partial charge in [0.2, 0.25) is 5.91 Å². The molecule has 86 valence electrons. The van der Waals surface area contributed by atoms with E-state index in [1.807, 2.05) is 0 Å². The number of hydrogen-bond donors (Lipinski definition) is 1. The van der Waals surface area contributed by atoms with Crippen LogP contribution < -0.4 is 0 Å². The van der Waals surface area contributed by atoms with E-state index in [4.69, 9.17) is 10.4 Å². The number of rotatable bonds is 2. The maximum absolute atomic E-state index is 12.1. The maximum atomic E-state index is 12.1. The Morgan fingerprint density at radius 2 is 2.06 bits per heavy atom. The number of aliphatic carboxylic acids is 1. The van der Waals surface area contributed by atoms with E-state index in [0.717, 1.165) is 6.42 Å². The predicted octanol–water partition coefficient (Wildman–Crippen LogP) is 0.756. The van der Waals surface area contributed by atoms with Gasteiger partial charge in [-0.15, -0.1) is 0 Å². The number of hydrogen-bond acceptors (Lipinski definition) is 3. The van der Waals surface area contributed by atoms with Gasteiger partial charge in [-0.1, -0.05) is 0 Å². The molecule has 1 heterocycles. The van der Waals surface area contributed by atoms with Crippen LogP contribution in [0.4, 0.5) is 0 Å². The van der Waals surface area contributed by atoms with E-state index in [-0.39, 0.29) is 5.91 Å². The van der Waals surface area contributed by atoms with Gasteiger partial charge in [-0.05, 0) is 32.1 Å². The molecule has 1 atom stereocenters. The first kappa shape index (κ1) is 10.9. The molecular formula is C11H14N2O3. The molecule has 1 saturated carbocycles. The van der Waals surface area contributed by atoms with Crippen molar-refractivity contribution in [3.05, 3.63) is 0 Å². The Bertz CT molecular complexity index is 368. The van der Waals surface area contributed by atoms with Crippen LogP contribution in [0.2, 0.25) is 0 Å². The van der Waals surface area contributed by atoms with E-state index in [0.29, 0.717) is 32.2 Å².